The largest absolute Gasteiger partial charge is 0.369 e. The molecule has 4 aromatic rings. The molecule has 0 aromatic carbocycles. The number of amides is 1. The van der Waals surface area contributed by atoms with Gasteiger partial charge in [0.1, 0.15) is 11.2 Å². The number of hydrogen-bond donors (Lipinski definition) is 2. The van der Waals surface area contributed by atoms with Gasteiger partial charge in [0.05, 0.1) is 12.2 Å². The molecule has 3 N–H and O–H groups in total. The summed E-state index contributed by atoms with van der Waals surface area (Å²) < 4.78 is 1.89. The Labute approximate surface area is 209 Å². The molecule has 2 aliphatic heterocycles. The van der Waals surface area contributed by atoms with Gasteiger partial charge in [-0.3, -0.25) is 9.69 Å². The molecule has 8 heteroatoms. The molecular formula is C27H34N6OS. The van der Waals surface area contributed by atoms with E-state index in [1.54, 1.807) is 6.33 Å². The first-order valence-electron chi connectivity index (χ1n) is 12.7. The summed E-state index contributed by atoms with van der Waals surface area (Å²) in [6.07, 6.45) is 8.44. The second kappa shape index (κ2) is 8.17. The Kier molecular flexibility index (Phi) is 5.30. The number of nitrogens with zero attached hydrogens (tertiary/aromatic N) is 4. The number of piperidine rings is 1. The summed E-state index contributed by atoms with van der Waals surface area (Å²) in [6, 6.07) is 0.899. The van der Waals surface area contributed by atoms with E-state index in [9.17, 15) is 4.79 Å². The Morgan fingerprint density at radius 2 is 2.03 bits per heavy atom. The smallest absolute Gasteiger partial charge is 0.231 e. The zero-order valence-corrected chi connectivity index (χ0v) is 22.0. The highest BCUT2D eigenvalue weighted by molar-refractivity contribution is 7.19. The number of nitrogens with two attached hydrogens (primary N) is 1. The molecule has 6 heterocycles. The Balaban J connectivity index is 1.48. The van der Waals surface area contributed by atoms with Crippen LogP contribution in [-0.2, 0) is 4.79 Å². The number of hydrogen-bond acceptors (Lipinski definition) is 5. The lowest BCUT2D eigenvalue weighted by atomic mass is 9.90. The van der Waals surface area contributed by atoms with E-state index in [2.05, 4.69) is 60.8 Å². The Bertz CT molecular complexity index is 1460. The van der Waals surface area contributed by atoms with Gasteiger partial charge in [0, 0.05) is 40.0 Å². The van der Waals surface area contributed by atoms with Gasteiger partial charge in [-0.05, 0) is 68.2 Å². The van der Waals surface area contributed by atoms with Crippen molar-refractivity contribution in [1.82, 2.24) is 24.5 Å². The summed E-state index contributed by atoms with van der Waals surface area (Å²) in [4.78, 5) is 25.2. The Morgan fingerprint density at radius 1 is 1.23 bits per heavy atom. The van der Waals surface area contributed by atoms with Gasteiger partial charge in [-0.15, -0.1) is 11.3 Å². The molecule has 3 atom stereocenters. The van der Waals surface area contributed by atoms with E-state index >= 15 is 0 Å². The number of primary amides is 1. The van der Waals surface area contributed by atoms with Crippen LogP contribution in [-0.4, -0.2) is 49.0 Å². The first-order chi connectivity index (χ1) is 16.8. The number of aromatic nitrogens is 4. The fourth-order valence-electron chi connectivity index (χ4n) is 6.86. The standard InChI is InChI=1S/C27H34N6OS/c1-13(2)22-23-16(5)25(18-9-17-7-6-8-20(18)32(17)11-21(28)34)35-27(23)31-24(22)19-10-33-26(29-12-30-33)15(4)14(19)3/h10,12-13,17-18,20,31H,6-9,11H2,1-5H3,(H2,28,34)/t17-,18?,20+/m1/s1. The summed E-state index contributed by atoms with van der Waals surface area (Å²) in [6.45, 7) is 11.6. The molecule has 1 unspecified atom stereocenters. The van der Waals surface area contributed by atoms with Gasteiger partial charge in [0.15, 0.2) is 5.65 Å². The summed E-state index contributed by atoms with van der Waals surface area (Å²) in [5, 5.41) is 5.80. The van der Waals surface area contributed by atoms with Crippen LogP contribution >= 0.6 is 11.3 Å². The molecule has 2 bridgehead atoms. The summed E-state index contributed by atoms with van der Waals surface area (Å²) >= 11 is 1.92. The highest BCUT2D eigenvalue weighted by Gasteiger charge is 2.45. The lowest BCUT2D eigenvalue weighted by molar-refractivity contribution is -0.120. The second-order valence-corrected chi connectivity index (χ2v) is 11.9. The number of carbonyl (C=O) groups is 1. The van der Waals surface area contributed by atoms with Gasteiger partial charge in [-0.2, -0.15) is 5.10 Å². The lowest BCUT2D eigenvalue weighted by Gasteiger charge is -2.34. The van der Waals surface area contributed by atoms with Gasteiger partial charge in [0.2, 0.25) is 5.91 Å². The molecule has 0 spiro atoms. The first-order valence-corrected chi connectivity index (χ1v) is 13.6. The maximum Gasteiger partial charge on any atom is 0.231 e. The molecule has 2 saturated heterocycles. The molecule has 4 aromatic heterocycles. The van der Waals surface area contributed by atoms with E-state index < -0.39 is 0 Å². The van der Waals surface area contributed by atoms with E-state index in [0.29, 0.717) is 30.5 Å². The third-order valence-electron chi connectivity index (χ3n) is 8.53. The van der Waals surface area contributed by atoms with Gasteiger partial charge in [-0.25, -0.2) is 9.50 Å². The Morgan fingerprint density at radius 3 is 2.77 bits per heavy atom. The molecular weight excluding hydrogens is 456 g/mol. The van der Waals surface area contributed by atoms with Crippen LogP contribution in [0.15, 0.2) is 12.5 Å². The predicted octanol–water partition coefficient (Wildman–Crippen LogP) is 5.18. The molecule has 2 fully saturated rings. The maximum absolute atomic E-state index is 11.8. The number of aryl methyl sites for hydroxylation is 2. The summed E-state index contributed by atoms with van der Waals surface area (Å²) in [5.74, 6) is 0.645. The van der Waals surface area contributed by atoms with Crippen LogP contribution in [0.5, 0.6) is 0 Å². The number of nitrogens with one attached hydrogen (secondary N) is 1. The number of aromatic amines is 1. The maximum atomic E-state index is 11.8. The second-order valence-electron chi connectivity index (χ2n) is 10.8. The number of H-pyrrole nitrogens is 1. The summed E-state index contributed by atoms with van der Waals surface area (Å²) in [7, 11) is 0. The average Bonchev–Trinajstić information content (AvgIpc) is 3.53. The van der Waals surface area contributed by atoms with Crippen molar-refractivity contribution >= 4 is 33.1 Å². The highest BCUT2D eigenvalue weighted by atomic mass is 32.1. The molecule has 0 radical (unpaired) electrons. The van der Waals surface area contributed by atoms with Crippen molar-refractivity contribution in [2.45, 2.75) is 84.2 Å². The van der Waals surface area contributed by atoms with Gasteiger partial charge in [-0.1, -0.05) is 20.3 Å². The van der Waals surface area contributed by atoms with E-state index in [-0.39, 0.29) is 5.91 Å². The van der Waals surface area contributed by atoms with Crippen LogP contribution in [0.3, 0.4) is 0 Å². The minimum Gasteiger partial charge on any atom is -0.369 e. The predicted molar refractivity (Wildman–Crippen MR) is 141 cm³/mol. The van der Waals surface area contributed by atoms with Crippen molar-refractivity contribution < 1.29 is 4.79 Å². The lowest BCUT2D eigenvalue weighted by Crippen LogP contribution is -2.45. The molecule has 0 saturated carbocycles. The third-order valence-corrected chi connectivity index (χ3v) is 9.87. The van der Waals surface area contributed by atoms with Crippen LogP contribution in [0, 0.1) is 20.8 Å². The van der Waals surface area contributed by atoms with Crippen molar-refractivity contribution in [2.75, 3.05) is 6.54 Å². The fraction of sp³-hybridized carbons (Fsp3) is 0.519. The van der Waals surface area contributed by atoms with Crippen LogP contribution in [0.4, 0.5) is 0 Å². The number of carbonyl (C=O) groups excluding carboxylic acids is 1. The zero-order chi connectivity index (χ0) is 24.6. The number of pyridine rings is 1. The van der Waals surface area contributed by atoms with Crippen molar-refractivity contribution in [3.05, 3.63) is 39.7 Å². The molecule has 6 rings (SSSR count). The minimum absolute atomic E-state index is 0.209. The van der Waals surface area contributed by atoms with E-state index in [1.165, 1.54) is 55.9 Å². The topological polar surface area (TPSA) is 92.3 Å². The number of thiophene rings is 1. The molecule has 184 valence electrons. The Hall–Kier alpha value is -2.71. The van der Waals surface area contributed by atoms with E-state index in [0.717, 1.165) is 24.1 Å². The molecule has 7 nitrogen and oxygen atoms in total. The fourth-order valence-corrected chi connectivity index (χ4v) is 8.25. The van der Waals surface area contributed by atoms with Crippen molar-refractivity contribution in [3.8, 4) is 11.3 Å². The monoisotopic (exact) mass is 490 g/mol. The van der Waals surface area contributed by atoms with E-state index in [1.807, 2.05) is 15.9 Å². The SMILES string of the molecule is Cc1c(-c2[nH]c3sc(C4C[C@H]5CCC[C@@H]4N5CC(N)=O)c(C)c3c2C(C)C)cn2ncnc2c1C. The third kappa shape index (κ3) is 3.37. The quantitative estimate of drug-likeness (QED) is 0.403. The van der Waals surface area contributed by atoms with Crippen LogP contribution < -0.4 is 5.73 Å². The molecule has 2 aliphatic rings. The normalized spacial score (nSPS) is 22.7. The molecule has 1 amide bonds. The zero-order valence-electron chi connectivity index (χ0n) is 21.2. The van der Waals surface area contributed by atoms with Crippen LogP contribution in [0.2, 0.25) is 0 Å². The van der Waals surface area contributed by atoms with Crippen LogP contribution in [0.1, 0.15) is 78.5 Å². The summed E-state index contributed by atoms with van der Waals surface area (Å²) in [5.41, 5.74) is 14.1. The minimum atomic E-state index is -0.209. The number of rotatable bonds is 5. The first kappa shape index (κ1) is 22.7. The number of fused-ring (bicyclic) bond motifs is 4. The molecule has 35 heavy (non-hydrogen) atoms. The van der Waals surface area contributed by atoms with Crippen molar-refractivity contribution in [3.63, 3.8) is 0 Å². The van der Waals surface area contributed by atoms with Gasteiger partial charge < -0.3 is 10.7 Å². The van der Waals surface area contributed by atoms with E-state index in [4.69, 9.17) is 5.73 Å². The highest BCUT2D eigenvalue weighted by Crippen LogP contribution is 2.51. The average molecular weight is 491 g/mol. The van der Waals surface area contributed by atoms with Crippen molar-refractivity contribution in [1.29, 1.82) is 0 Å². The van der Waals surface area contributed by atoms with Crippen LogP contribution in [0.25, 0.3) is 27.1 Å². The van der Waals surface area contributed by atoms with Gasteiger partial charge in [0.25, 0.3) is 0 Å². The van der Waals surface area contributed by atoms with Crippen molar-refractivity contribution in [2.24, 2.45) is 5.73 Å². The molecule has 0 aliphatic carbocycles. The van der Waals surface area contributed by atoms with Gasteiger partial charge >= 0.3 is 0 Å².